The van der Waals surface area contributed by atoms with Crippen molar-refractivity contribution in [2.75, 3.05) is 5.32 Å². The van der Waals surface area contributed by atoms with Gasteiger partial charge in [-0.2, -0.15) is 0 Å². The minimum atomic E-state index is -0.158. The lowest BCUT2D eigenvalue weighted by molar-refractivity contribution is -0.117. The highest BCUT2D eigenvalue weighted by Gasteiger charge is 2.20. The molecule has 28 heavy (non-hydrogen) atoms. The Bertz CT molecular complexity index is 948. The fourth-order valence-corrected chi connectivity index (χ4v) is 3.92. The lowest BCUT2D eigenvalue weighted by atomic mass is 9.95. The molecule has 2 aromatic carbocycles. The van der Waals surface area contributed by atoms with Crippen molar-refractivity contribution in [3.8, 4) is 11.4 Å². The third kappa shape index (κ3) is 3.84. The summed E-state index contributed by atoms with van der Waals surface area (Å²) in [7, 11) is 0. The van der Waals surface area contributed by atoms with Gasteiger partial charge in [0, 0.05) is 24.2 Å². The molecule has 1 aliphatic heterocycles. The Morgan fingerprint density at radius 3 is 2.75 bits per heavy atom. The highest BCUT2D eigenvalue weighted by molar-refractivity contribution is 5.96. The maximum atomic E-state index is 12.9. The average molecular weight is 374 g/mol. The van der Waals surface area contributed by atoms with Gasteiger partial charge in [0.1, 0.15) is 5.82 Å². The van der Waals surface area contributed by atoms with Crippen LogP contribution in [0.15, 0.2) is 54.6 Å². The standard InChI is InChI=1S/C23H26N4O/c1-2-20(17-10-5-3-6-11-17)23(28)24-19-13-9-12-18(16-19)22-26-25-21-14-7-4-8-15-27(21)22/h3,5-6,9-13,16,20H,2,4,7-8,14-15H2,1H3,(H,24,28). The molecule has 0 aliphatic carbocycles. The molecule has 3 aromatic rings. The highest BCUT2D eigenvalue weighted by atomic mass is 16.1. The Balaban J connectivity index is 1.56. The zero-order chi connectivity index (χ0) is 19.3. The van der Waals surface area contributed by atoms with Crippen molar-refractivity contribution < 1.29 is 4.79 Å². The molecule has 1 atom stereocenters. The molecule has 1 aliphatic rings. The third-order valence-electron chi connectivity index (χ3n) is 5.42. The van der Waals surface area contributed by atoms with Gasteiger partial charge in [-0.1, -0.05) is 55.8 Å². The molecule has 0 saturated carbocycles. The maximum Gasteiger partial charge on any atom is 0.231 e. The molecule has 0 spiro atoms. The summed E-state index contributed by atoms with van der Waals surface area (Å²) >= 11 is 0. The van der Waals surface area contributed by atoms with Gasteiger partial charge < -0.3 is 9.88 Å². The third-order valence-corrected chi connectivity index (χ3v) is 5.42. The number of anilines is 1. The molecule has 0 fully saturated rings. The van der Waals surface area contributed by atoms with E-state index in [1.165, 1.54) is 12.8 Å². The van der Waals surface area contributed by atoms with Gasteiger partial charge in [0.2, 0.25) is 5.91 Å². The van der Waals surface area contributed by atoms with Gasteiger partial charge in [0.05, 0.1) is 5.92 Å². The van der Waals surface area contributed by atoms with E-state index in [1.807, 2.05) is 61.5 Å². The molecule has 5 nitrogen and oxygen atoms in total. The molecule has 144 valence electrons. The van der Waals surface area contributed by atoms with Crippen LogP contribution in [0.4, 0.5) is 5.69 Å². The van der Waals surface area contributed by atoms with Crippen molar-refractivity contribution >= 4 is 11.6 Å². The highest BCUT2D eigenvalue weighted by Crippen LogP contribution is 2.26. The van der Waals surface area contributed by atoms with Gasteiger partial charge in [-0.25, -0.2) is 0 Å². The fourth-order valence-electron chi connectivity index (χ4n) is 3.92. The molecule has 1 aromatic heterocycles. The van der Waals surface area contributed by atoms with E-state index >= 15 is 0 Å². The van der Waals surface area contributed by atoms with Crippen molar-refractivity contribution in [1.29, 1.82) is 0 Å². The second-order valence-corrected chi connectivity index (χ2v) is 7.34. The van der Waals surface area contributed by atoms with E-state index in [2.05, 4.69) is 20.1 Å². The molecule has 2 heterocycles. The van der Waals surface area contributed by atoms with E-state index in [4.69, 9.17) is 0 Å². The quantitative estimate of drug-likeness (QED) is 0.697. The van der Waals surface area contributed by atoms with Crippen LogP contribution in [0.25, 0.3) is 11.4 Å². The lowest BCUT2D eigenvalue weighted by Gasteiger charge is -2.16. The molecule has 5 heteroatoms. The molecular formula is C23H26N4O. The Labute approximate surface area is 165 Å². The van der Waals surface area contributed by atoms with Gasteiger partial charge in [-0.05, 0) is 37.0 Å². The summed E-state index contributed by atoms with van der Waals surface area (Å²) in [6.45, 7) is 3.00. The summed E-state index contributed by atoms with van der Waals surface area (Å²) in [6.07, 6.45) is 5.30. The van der Waals surface area contributed by atoms with Crippen molar-refractivity contribution in [2.45, 2.75) is 51.5 Å². The zero-order valence-corrected chi connectivity index (χ0v) is 16.3. The van der Waals surface area contributed by atoms with Gasteiger partial charge in [-0.15, -0.1) is 10.2 Å². The van der Waals surface area contributed by atoms with Crippen LogP contribution in [0.5, 0.6) is 0 Å². The van der Waals surface area contributed by atoms with Crippen LogP contribution in [0, 0.1) is 0 Å². The van der Waals surface area contributed by atoms with E-state index in [0.717, 1.165) is 54.3 Å². The van der Waals surface area contributed by atoms with Crippen molar-refractivity contribution in [1.82, 2.24) is 14.8 Å². The molecule has 0 bridgehead atoms. The number of fused-ring (bicyclic) bond motifs is 1. The number of aromatic nitrogens is 3. The molecular weight excluding hydrogens is 348 g/mol. The summed E-state index contributed by atoms with van der Waals surface area (Å²) in [5.74, 6) is 1.82. The first-order valence-electron chi connectivity index (χ1n) is 10.1. The topological polar surface area (TPSA) is 59.8 Å². The summed E-state index contributed by atoms with van der Waals surface area (Å²) in [5.41, 5.74) is 2.83. The van der Waals surface area contributed by atoms with Crippen molar-refractivity contribution in [3.05, 3.63) is 66.0 Å². The monoisotopic (exact) mass is 374 g/mol. The van der Waals surface area contributed by atoms with Crippen LogP contribution in [-0.2, 0) is 17.8 Å². The SMILES string of the molecule is CCC(C(=O)Nc1cccc(-c2nnc3n2CCCCC3)c1)c1ccccc1. The largest absolute Gasteiger partial charge is 0.326 e. The first-order valence-corrected chi connectivity index (χ1v) is 10.1. The molecule has 1 unspecified atom stereocenters. The van der Waals surface area contributed by atoms with E-state index in [9.17, 15) is 4.79 Å². The predicted molar refractivity (Wildman–Crippen MR) is 111 cm³/mol. The summed E-state index contributed by atoms with van der Waals surface area (Å²) in [5, 5.41) is 11.9. The van der Waals surface area contributed by atoms with Crippen molar-refractivity contribution in [3.63, 3.8) is 0 Å². The average Bonchev–Trinajstić information content (AvgIpc) is 2.98. The maximum absolute atomic E-state index is 12.9. The van der Waals surface area contributed by atoms with Crippen LogP contribution in [0.2, 0.25) is 0 Å². The van der Waals surface area contributed by atoms with E-state index < -0.39 is 0 Å². The zero-order valence-electron chi connectivity index (χ0n) is 16.3. The van der Waals surface area contributed by atoms with Crippen molar-refractivity contribution in [2.24, 2.45) is 0 Å². The second kappa shape index (κ2) is 8.38. The van der Waals surface area contributed by atoms with Gasteiger partial charge in [0.25, 0.3) is 0 Å². The minimum absolute atomic E-state index is 0.0194. The number of carbonyl (C=O) groups is 1. The minimum Gasteiger partial charge on any atom is -0.326 e. The summed E-state index contributed by atoms with van der Waals surface area (Å²) in [4.78, 5) is 12.9. The van der Waals surface area contributed by atoms with E-state index in [-0.39, 0.29) is 11.8 Å². The normalized spacial score (nSPS) is 14.8. The van der Waals surface area contributed by atoms with Crippen LogP contribution in [0.3, 0.4) is 0 Å². The number of aryl methyl sites for hydroxylation is 1. The van der Waals surface area contributed by atoms with Gasteiger partial charge >= 0.3 is 0 Å². The van der Waals surface area contributed by atoms with Crippen LogP contribution < -0.4 is 5.32 Å². The summed E-state index contributed by atoms with van der Waals surface area (Å²) < 4.78 is 2.23. The smallest absolute Gasteiger partial charge is 0.231 e. The number of benzene rings is 2. The van der Waals surface area contributed by atoms with Crippen LogP contribution >= 0.6 is 0 Å². The number of hydrogen-bond donors (Lipinski definition) is 1. The van der Waals surface area contributed by atoms with Gasteiger partial charge in [0.15, 0.2) is 5.82 Å². The molecule has 0 radical (unpaired) electrons. The Morgan fingerprint density at radius 1 is 1.07 bits per heavy atom. The first-order chi connectivity index (χ1) is 13.8. The number of nitrogens with one attached hydrogen (secondary N) is 1. The number of hydrogen-bond acceptors (Lipinski definition) is 3. The first kappa shape index (κ1) is 18.4. The molecule has 0 saturated heterocycles. The molecule has 1 N–H and O–H groups in total. The lowest BCUT2D eigenvalue weighted by Crippen LogP contribution is -2.20. The van der Waals surface area contributed by atoms with E-state index in [0.29, 0.717) is 0 Å². The molecule has 1 amide bonds. The molecule has 4 rings (SSSR count). The number of rotatable bonds is 5. The second-order valence-electron chi connectivity index (χ2n) is 7.34. The fraction of sp³-hybridized carbons (Fsp3) is 0.348. The summed E-state index contributed by atoms with van der Waals surface area (Å²) in [6, 6.07) is 17.9. The van der Waals surface area contributed by atoms with E-state index in [1.54, 1.807) is 0 Å². The Kier molecular flexibility index (Phi) is 5.51. The Hall–Kier alpha value is -2.95. The predicted octanol–water partition coefficient (Wildman–Crippen LogP) is 4.80. The number of nitrogens with zero attached hydrogens (tertiary/aromatic N) is 3. The van der Waals surface area contributed by atoms with Crippen LogP contribution in [0.1, 0.15) is 49.9 Å². The van der Waals surface area contributed by atoms with Crippen LogP contribution in [-0.4, -0.2) is 20.7 Å². The Morgan fingerprint density at radius 2 is 1.93 bits per heavy atom. The number of carbonyl (C=O) groups excluding carboxylic acids is 1. The van der Waals surface area contributed by atoms with Gasteiger partial charge in [-0.3, -0.25) is 4.79 Å². The number of amides is 1.